The SMILES string of the molecule is NC(CC(=O)O)Cn1nnc(-c2ccc(OCCc3ccc(F)cc3)c(F)c2)n1. The molecule has 0 aliphatic rings. The second-order valence-corrected chi connectivity index (χ2v) is 6.40. The summed E-state index contributed by atoms with van der Waals surface area (Å²) in [6.07, 6.45) is 0.281. The van der Waals surface area contributed by atoms with Crippen molar-refractivity contribution in [2.45, 2.75) is 25.4 Å². The summed E-state index contributed by atoms with van der Waals surface area (Å²) in [5.41, 5.74) is 6.96. The van der Waals surface area contributed by atoms with Crippen LogP contribution in [0.3, 0.4) is 0 Å². The van der Waals surface area contributed by atoms with E-state index in [0.29, 0.717) is 12.0 Å². The minimum Gasteiger partial charge on any atom is -0.490 e. The summed E-state index contributed by atoms with van der Waals surface area (Å²) in [5, 5.41) is 20.5. The molecular weight excluding hydrogens is 384 g/mol. The molecular formula is C19H19F2N5O3. The Morgan fingerprint density at radius 1 is 1.21 bits per heavy atom. The molecule has 152 valence electrons. The van der Waals surface area contributed by atoms with Gasteiger partial charge in [0.05, 0.1) is 19.6 Å². The molecule has 0 aliphatic carbocycles. The molecule has 0 bridgehead atoms. The number of halogens is 2. The smallest absolute Gasteiger partial charge is 0.304 e. The topological polar surface area (TPSA) is 116 Å². The number of carboxylic acids is 1. The van der Waals surface area contributed by atoms with Gasteiger partial charge in [0.15, 0.2) is 11.6 Å². The van der Waals surface area contributed by atoms with E-state index in [0.717, 1.165) is 5.56 Å². The Labute approximate surface area is 164 Å². The normalized spacial score (nSPS) is 12.0. The lowest BCUT2D eigenvalue weighted by atomic mass is 10.1. The number of ether oxygens (including phenoxy) is 1. The van der Waals surface area contributed by atoms with Crippen LogP contribution in [-0.2, 0) is 17.8 Å². The highest BCUT2D eigenvalue weighted by molar-refractivity contribution is 5.67. The van der Waals surface area contributed by atoms with Crippen molar-refractivity contribution >= 4 is 5.97 Å². The van der Waals surface area contributed by atoms with Crippen LogP contribution in [0.25, 0.3) is 11.4 Å². The third-order valence-electron chi connectivity index (χ3n) is 4.04. The number of tetrazole rings is 1. The molecule has 29 heavy (non-hydrogen) atoms. The van der Waals surface area contributed by atoms with Crippen LogP contribution in [0.1, 0.15) is 12.0 Å². The van der Waals surface area contributed by atoms with Gasteiger partial charge in [0, 0.05) is 18.0 Å². The molecule has 0 fully saturated rings. The third-order valence-corrected chi connectivity index (χ3v) is 4.04. The van der Waals surface area contributed by atoms with E-state index in [1.165, 1.54) is 29.1 Å². The summed E-state index contributed by atoms with van der Waals surface area (Å²) in [6, 6.07) is 9.64. The van der Waals surface area contributed by atoms with Crippen molar-refractivity contribution in [2.24, 2.45) is 5.73 Å². The van der Waals surface area contributed by atoms with E-state index in [-0.39, 0.29) is 37.0 Å². The molecule has 2 aromatic carbocycles. The van der Waals surface area contributed by atoms with Crippen LogP contribution < -0.4 is 10.5 Å². The highest BCUT2D eigenvalue weighted by Gasteiger charge is 2.14. The van der Waals surface area contributed by atoms with Crippen LogP contribution in [0.2, 0.25) is 0 Å². The fraction of sp³-hybridized carbons (Fsp3) is 0.263. The van der Waals surface area contributed by atoms with Crippen molar-refractivity contribution in [3.8, 4) is 17.1 Å². The Kier molecular flexibility index (Phi) is 6.45. The summed E-state index contributed by atoms with van der Waals surface area (Å²) >= 11 is 0. The van der Waals surface area contributed by atoms with Crippen molar-refractivity contribution in [1.82, 2.24) is 20.2 Å². The van der Waals surface area contributed by atoms with Gasteiger partial charge in [0.1, 0.15) is 5.82 Å². The molecule has 8 nitrogen and oxygen atoms in total. The van der Waals surface area contributed by atoms with E-state index in [4.69, 9.17) is 15.6 Å². The van der Waals surface area contributed by atoms with Crippen LogP contribution >= 0.6 is 0 Å². The van der Waals surface area contributed by atoms with E-state index in [2.05, 4.69) is 15.4 Å². The molecule has 1 heterocycles. The van der Waals surface area contributed by atoms with Crippen molar-refractivity contribution < 1.29 is 23.4 Å². The van der Waals surface area contributed by atoms with Crippen LogP contribution in [0, 0.1) is 11.6 Å². The number of hydrogen-bond donors (Lipinski definition) is 2. The van der Waals surface area contributed by atoms with Crippen molar-refractivity contribution in [2.75, 3.05) is 6.61 Å². The first kappa shape index (κ1) is 20.3. The lowest BCUT2D eigenvalue weighted by molar-refractivity contribution is -0.137. The summed E-state index contributed by atoms with van der Waals surface area (Å²) in [7, 11) is 0. The third kappa shape index (κ3) is 5.79. The molecule has 3 aromatic rings. The predicted octanol–water partition coefficient (Wildman–Crippen LogP) is 2.04. The van der Waals surface area contributed by atoms with Gasteiger partial charge >= 0.3 is 5.97 Å². The largest absolute Gasteiger partial charge is 0.490 e. The first-order valence-electron chi connectivity index (χ1n) is 8.83. The summed E-state index contributed by atoms with van der Waals surface area (Å²) < 4.78 is 32.7. The predicted molar refractivity (Wildman–Crippen MR) is 99.0 cm³/mol. The van der Waals surface area contributed by atoms with Crippen LogP contribution in [0.5, 0.6) is 5.75 Å². The van der Waals surface area contributed by atoms with Crippen molar-refractivity contribution in [3.63, 3.8) is 0 Å². The molecule has 0 amide bonds. The molecule has 0 spiro atoms. The van der Waals surface area contributed by atoms with E-state index >= 15 is 0 Å². The van der Waals surface area contributed by atoms with Crippen LogP contribution in [0.4, 0.5) is 8.78 Å². The highest BCUT2D eigenvalue weighted by atomic mass is 19.1. The molecule has 3 rings (SSSR count). The molecule has 1 atom stereocenters. The number of aromatic nitrogens is 4. The Bertz CT molecular complexity index is 978. The molecule has 10 heteroatoms. The maximum Gasteiger partial charge on any atom is 0.304 e. The van der Waals surface area contributed by atoms with Crippen molar-refractivity contribution in [1.29, 1.82) is 0 Å². The minimum absolute atomic E-state index is 0.0757. The van der Waals surface area contributed by atoms with Gasteiger partial charge in [0.2, 0.25) is 5.82 Å². The Hall–Kier alpha value is -3.40. The van der Waals surface area contributed by atoms with Crippen LogP contribution in [0.15, 0.2) is 42.5 Å². The molecule has 0 saturated carbocycles. The zero-order valence-electron chi connectivity index (χ0n) is 15.3. The number of nitrogens with zero attached hydrogens (tertiary/aromatic N) is 4. The Morgan fingerprint density at radius 2 is 1.97 bits per heavy atom. The van der Waals surface area contributed by atoms with Gasteiger partial charge in [-0.2, -0.15) is 4.80 Å². The van der Waals surface area contributed by atoms with E-state index in [1.54, 1.807) is 18.2 Å². The number of nitrogens with two attached hydrogens (primary N) is 1. The van der Waals surface area contributed by atoms with E-state index in [1.807, 2.05) is 0 Å². The zero-order valence-corrected chi connectivity index (χ0v) is 15.3. The standard InChI is InChI=1S/C19H19F2N5O3/c20-14-4-1-12(2-5-14)7-8-29-17-6-3-13(9-16(17)21)19-23-25-26(24-19)11-15(22)10-18(27)28/h1-6,9,15H,7-8,10-11,22H2,(H,27,28). The second kappa shape index (κ2) is 9.20. The lowest BCUT2D eigenvalue weighted by Gasteiger charge is -2.08. The van der Waals surface area contributed by atoms with Gasteiger partial charge in [-0.05, 0) is 41.1 Å². The fourth-order valence-corrected chi connectivity index (χ4v) is 2.62. The number of rotatable bonds is 9. The Balaban J connectivity index is 1.59. The average molecular weight is 403 g/mol. The average Bonchev–Trinajstić information content (AvgIpc) is 3.12. The highest BCUT2D eigenvalue weighted by Crippen LogP contribution is 2.23. The molecule has 0 radical (unpaired) electrons. The molecule has 1 unspecified atom stereocenters. The zero-order chi connectivity index (χ0) is 20.8. The fourth-order valence-electron chi connectivity index (χ4n) is 2.62. The number of hydrogen-bond acceptors (Lipinski definition) is 6. The van der Waals surface area contributed by atoms with Gasteiger partial charge in [-0.15, -0.1) is 10.2 Å². The molecule has 0 saturated heterocycles. The van der Waals surface area contributed by atoms with E-state index < -0.39 is 17.8 Å². The monoisotopic (exact) mass is 403 g/mol. The minimum atomic E-state index is -1.02. The number of carbonyl (C=O) groups is 1. The van der Waals surface area contributed by atoms with Gasteiger partial charge in [-0.25, -0.2) is 8.78 Å². The summed E-state index contributed by atoms with van der Waals surface area (Å²) in [4.78, 5) is 11.8. The molecule has 0 aliphatic heterocycles. The van der Waals surface area contributed by atoms with Gasteiger partial charge < -0.3 is 15.6 Å². The van der Waals surface area contributed by atoms with Gasteiger partial charge in [-0.3, -0.25) is 4.79 Å². The van der Waals surface area contributed by atoms with Gasteiger partial charge in [0.25, 0.3) is 0 Å². The summed E-state index contributed by atoms with van der Waals surface area (Å²) in [6.45, 7) is 0.310. The number of benzene rings is 2. The molecule has 3 N–H and O–H groups in total. The quantitative estimate of drug-likeness (QED) is 0.562. The second-order valence-electron chi connectivity index (χ2n) is 6.40. The Morgan fingerprint density at radius 3 is 2.66 bits per heavy atom. The number of aliphatic carboxylic acids is 1. The number of carboxylic acid groups (broad SMARTS) is 1. The van der Waals surface area contributed by atoms with Crippen molar-refractivity contribution in [3.05, 3.63) is 59.7 Å². The first-order chi connectivity index (χ1) is 13.9. The maximum absolute atomic E-state index is 14.3. The van der Waals surface area contributed by atoms with E-state index in [9.17, 15) is 13.6 Å². The van der Waals surface area contributed by atoms with Crippen LogP contribution in [-0.4, -0.2) is 43.9 Å². The lowest BCUT2D eigenvalue weighted by Crippen LogP contribution is -2.30. The summed E-state index contributed by atoms with van der Waals surface area (Å²) in [5.74, 6) is -1.66. The van der Waals surface area contributed by atoms with Gasteiger partial charge in [-0.1, -0.05) is 12.1 Å². The molecule has 1 aromatic heterocycles. The maximum atomic E-state index is 14.3. The first-order valence-corrected chi connectivity index (χ1v) is 8.83.